The Bertz CT molecular complexity index is 988. The maximum Gasteiger partial charge on any atom is 0.266 e. The van der Waals surface area contributed by atoms with Crippen LogP contribution in [0.15, 0.2) is 46.0 Å². The van der Waals surface area contributed by atoms with Crippen LogP contribution >= 0.6 is 45.9 Å². The number of amides is 1. The average molecular weight is 406 g/mol. The molecule has 0 aliphatic heterocycles. The van der Waals surface area contributed by atoms with Gasteiger partial charge in [-0.3, -0.25) is 4.79 Å². The van der Waals surface area contributed by atoms with Gasteiger partial charge >= 0.3 is 0 Å². The second-order valence-corrected chi connectivity index (χ2v) is 7.32. The summed E-state index contributed by atoms with van der Waals surface area (Å²) in [6.45, 7) is 0. The van der Waals surface area contributed by atoms with E-state index < -0.39 is 5.91 Å². The van der Waals surface area contributed by atoms with Crippen LogP contribution in [-0.2, 0) is 4.79 Å². The van der Waals surface area contributed by atoms with Gasteiger partial charge in [-0.05, 0) is 35.7 Å². The van der Waals surface area contributed by atoms with Crippen LogP contribution in [0.25, 0.3) is 16.6 Å². The first-order chi connectivity index (χ1) is 12.1. The van der Waals surface area contributed by atoms with Crippen LogP contribution in [0, 0.1) is 11.3 Å². The second kappa shape index (κ2) is 7.81. The molecule has 3 aromatic rings. The molecule has 0 unspecified atom stereocenters. The number of nitrogens with zero attached hydrogens (tertiary/aromatic N) is 2. The van der Waals surface area contributed by atoms with Gasteiger partial charge in [0.25, 0.3) is 5.91 Å². The van der Waals surface area contributed by atoms with Crippen molar-refractivity contribution in [1.82, 2.24) is 4.98 Å². The molecule has 3 rings (SSSR count). The van der Waals surface area contributed by atoms with Crippen LogP contribution in [0.2, 0.25) is 10.0 Å². The molecule has 2 heterocycles. The third-order valence-electron chi connectivity index (χ3n) is 3.12. The van der Waals surface area contributed by atoms with E-state index in [2.05, 4.69) is 10.3 Å². The summed E-state index contributed by atoms with van der Waals surface area (Å²) in [6.07, 6.45) is 1.44. The molecule has 4 nitrogen and oxygen atoms in total. The van der Waals surface area contributed by atoms with Crippen molar-refractivity contribution in [2.75, 3.05) is 5.32 Å². The molecule has 0 fully saturated rings. The highest BCUT2D eigenvalue weighted by atomic mass is 35.5. The molecular formula is C17H9Cl2N3OS2. The highest BCUT2D eigenvalue weighted by Gasteiger charge is 2.13. The Hall–Kier alpha value is -2.17. The Morgan fingerprint density at radius 2 is 2.12 bits per heavy atom. The lowest BCUT2D eigenvalue weighted by Gasteiger charge is -2.06. The van der Waals surface area contributed by atoms with E-state index in [1.54, 1.807) is 28.8 Å². The Morgan fingerprint density at radius 3 is 2.84 bits per heavy atom. The summed E-state index contributed by atoms with van der Waals surface area (Å²) in [5.74, 6) is -0.572. The Labute approximate surface area is 162 Å². The van der Waals surface area contributed by atoms with Gasteiger partial charge in [-0.1, -0.05) is 23.2 Å². The number of nitriles is 1. The van der Waals surface area contributed by atoms with Crippen LogP contribution in [0.5, 0.6) is 0 Å². The fourth-order valence-corrected chi connectivity index (χ4v) is 3.78. The molecule has 1 amide bonds. The number of hydrogen-bond acceptors (Lipinski definition) is 5. The molecule has 1 aromatic carbocycles. The highest BCUT2D eigenvalue weighted by molar-refractivity contribution is 7.14. The largest absolute Gasteiger partial charge is 0.320 e. The predicted octanol–water partition coefficient (Wildman–Crippen LogP) is 5.72. The summed E-state index contributed by atoms with van der Waals surface area (Å²) in [6, 6.07) is 8.56. The fraction of sp³-hybridized carbons (Fsp3) is 0. The number of thiophene rings is 1. The molecule has 2 aromatic heterocycles. The number of anilines is 1. The molecule has 0 bridgehead atoms. The van der Waals surface area contributed by atoms with Crippen LogP contribution in [0.3, 0.4) is 0 Å². The lowest BCUT2D eigenvalue weighted by atomic mass is 10.2. The first-order valence-corrected chi connectivity index (χ1v) is 9.51. The summed E-state index contributed by atoms with van der Waals surface area (Å²) in [5, 5.41) is 19.2. The first kappa shape index (κ1) is 17.6. The molecule has 124 valence electrons. The molecule has 0 spiro atoms. The molecule has 0 saturated carbocycles. The molecule has 8 heteroatoms. The SMILES string of the molecule is N#C/C(=C/c1csc(-c2ccsc2)n1)C(=O)Nc1cc(Cl)ccc1Cl. The quantitative estimate of drug-likeness (QED) is 0.445. The molecule has 0 aliphatic rings. The van der Waals surface area contributed by atoms with Crippen LogP contribution in [-0.4, -0.2) is 10.9 Å². The Morgan fingerprint density at radius 1 is 1.28 bits per heavy atom. The van der Waals surface area contributed by atoms with E-state index in [4.69, 9.17) is 23.2 Å². The number of halogens is 2. The maximum atomic E-state index is 12.3. The van der Waals surface area contributed by atoms with Gasteiger partial charge in [0, 0.05) is 21.3 Å². The highest BCUT2D eigenvalue weighted by Crippen LogP contribution is 2.28. The normalized spacial score (nSPS) is 11.2. The monoisotopic (exact) mass is 405 g/mol. The van der Waals surface area contributed by atoms with Crippen molar-refractivity contribution in [3.63, 3.8) is 0 Å². The van der Waals surface area contributed by atoms with E-state index in [1.165, 1.54) is 23.5 Å². The van der Waals surface area contributed by atoms with Crippen molar-refractivity contribution in [1.29, 1.82) is 5.26 Å². The first-order valence-electron chi connectivity index (χ1n) is 6.93. The fourth-order valence-electron chi connectivity index (χ4n) is 1.95. The zero-order chi connectivity index (χ0) is 17.8. The van der Waals surface area contributed by atoms with Gasteiger partial charge in [-0.15, -0.1) is 11.3 Å². The number of thiazole rings is 1. The van der Waals surface area contributed by atoms with Crippen molar-refractivity contribution in [2.45, 2.75) is 0 Å². The number of nitrogens with one attached hydrogen (secondary N) is 1. The van der Waals surface area contributed by atoms with E-state index in [-0.39, 0.29) is 5.57 Å². The lowest BCUT2D eigenvalue weighted by Crippen LogP contribution is -2.13. The Kier molecular flexibility index (Phi) is 5.51. The summed E-state index contributed by atoms with van der Waals surface area (Å²) in [7, 11) is 0. The van der Waals surface area contributed by atoms with Gasteiger partial charge in [0.05, 0.1) is 16.4 Å². The molecule has 0 atom stereocenters. The minimum atomic E-state index is -0.572. The van der Waals surface area contributed by atoms with Crippen molar-refractivity contribution in [3.05, 3.63) is 61.7 Å². The topological polar surface area (TPSA) is 65.8 Å². The minimum absolute atomic E-state index is 0.0711. The molecule has 0 aliphatic carbocycles. The third-order valence-corrected chi connectivity index (χ3v) is 5.28. The zero-order valence-electron chi connectivity index (χ0n) is 12.5. The third kappa shape index (κ3) is 4.27. The number of rotatable bonds is 4. The van der Waals surface area contributed by atoms with Crippen LogP contribution in [0.1, 0.15) is 5.69 Å². The van der Waals surface area contributed by atoms with E-state index in [0.717, 1.165) is 10.6 Å². The van der Waals surface area contributed by atoms with Gasteiger partial charge in [0.1, 0.15) is 16.6 Å². The van der Waals surface area contributed by atoms with Crippen LogP contribution in [0.4, 0.5) is 5.69 Å². The van der Waals surface area contributed by atoms with E-state index in [9.17, 15) is 10.1 Å². The summed E-state index contributed by atoms with van der Waals surface area (Å²) < 4.78 is 0. The van der Waals surface area contributed by atoms with Crippen molar-refractivity contribution in [2.24, 2.45) is 0 Å². The molecular weight excluding hydrogens is 397 g/mol. The minimum Gasteiger partial charge on any atom is -0.320 e. The summed E-state index contributed by atoms with van der Waals surface area (Å²) >= 11 is 15.0. The summed E-state index contributed by atoms with van der Waals surface area (Å²) in [5.41, 5.74) is 1.84. The van der Waals surface area contributed by atoms with Gasteiger partial charge < -0.3 is 5.32 Å². The van der Waals surface area contributed by atoms with Gasteiger partial charge in [-0.25, -0.2) is 4.98 Å². The van der Waals surface area contributed by atoms with Gasteiger partial charge in [-0.2, -0.15) is 16.6 Å². The smallest absolute Gasteiger partial charge is 0.266 e. The van der Waals surface area contributed by atoms with Crippen molar-refractivity contribution < 1.29 is 4.79 Å². The van der Waals surface area contributed by atoms with Crippen molar-refractivity contribution >= 4 is 63.5 Å². The predicted molar refractivity (Wildman–Crippen MR) is 104 cm³/mol. The van der Waals surface area contributed by atoms with E-state index in [1.807, 2.05) is 22.9 Å². The van der Waals surface area contributed by atoms with Crippen LogP contribution < -0.4 is 5.32 Å². The van der Waals surface area contributed by atoms with E-state index >= 15 is 0 Å². The number of aromatic nitrogens is 1. The number of hydrogen-bond donors (Lipinski definition) is 1. The van der Waals surface area contributed by atoms with Gasteiger partial charge in [0.15, 0.2) is 0 Å². The number of carbonyl (C=O) groups is 1. The average Bonchev–Trinajstić information content (AvgIpc) is 3.27. The molecule has 0 saturated heterocycles. The molecule has 1 N–H and O–H groups in total. The molecule has 25 heavy (non-hydrogen) atoms. The number of benzene rings is 1. The summed E-state index contributed by atoms with van der Waals surface area (Å²) in [4.78, 5) is 16.8. The van der Waals surface area contributed by atoms with Crippen molar-refractivity contribution in [3.8, 4) is 16.6 Å². The van der Waals surface area contributed by atoms with E-state index in [0.29, 0.717) is 21.4 Å². The maximum absolute atomic E-state index is 12.3. The number of carbonyl (C=O) groups excluding carboxylic acids is 1. The second-order valence-electron chi connectivity index (χ2n) is 4.84. The zero-order valence-corrected chi connectivity index (χ0v) is 15.6. The standard InChI is InChI=1S/C17H9Cl2N3OS2/c18-12-1-2-14(19)15(6-12)22-16(23)11(7-20)5-13-9-25-17(21-13)10-3-4-24-8-10/h1-6,8-9H,(H,22,23)/b11-5-. The lowest BCUT2D eigenvalue weighted by molar-refractivity contribution is -0.112. The van der Waals surface area contributed by atoms with Gasteiger partial charge in [0.2, 0.25) is 0 Å². The molecule has 0 radical (unpaired) electrons. The Balaban J connectivity index is 1.82.